The lowest BCUT2D eigenvalue weighted by atomic mass is 9.86. The van der Waals surface area contributed by atoms with E-state index in [4.69, 9.17) is 4.74 Å². The van der Waals surface area contributed by atoms with E-state index in [1.54, 1.807) is 30.3 Å². The Balaban J connectivity index is 1.95. The Labute approximate surface area is 165 Å². The number of halogens is 1. The van der Waals surface area contributed by atoms with Crippen LogP contribution in [0.25, 0.3) is 11.1 Å². The Hall–Kier alpha value is -2.47. The molecule has 0 spiro atoms. The van der Waals surface area contributed by atoms with Crippen LogP contribution in [-0.4, -0.2) is 10.2 Å². The van der Waals surface area contributed by atoms with Crippen LogP contribution in [0.1, 0.15) is 29.7 Å². The maximum Gasteiger partial charge on any atom is 0.150 e. The van der Waals surface area contributed by atoms with Crippen LogP contribution in [0, 0.1) is 3.57 Å². The van der Waals surface area contributed by atoms with Crippen molar-refractivity contribution in [1.82, 2.24) is 0 Å². The smallest absolute Gasteiger partial charge is 0.150 e. The second-order valence-corrected chi connectivity index (χ2v) is 7.56. The van der Waals surface area contributed by atoms with Crippen molar-refractivity contribution in [2.75, 3.05) is 0 Å². The first-order valence-electron chi connectivity index (χ1n) is 8.28. The molecule has 1 atom stereocenters. The van der Waals surface area contributed by atoms with Gasteiger partial charge in [-0.05, 0) is 88.7 Å². The van der Waals surface area contributed by atoms with Crippen LogP contribution in [-0.2, 0) is 0 Å². The van der Waals surface area contributed by atoms with Crippen molar-refractivity contribution in [1.29, 1.82) is 0 Å². The summed E-state index contributed by atoms with van der Waals surface area (Å²) in [6, 6.07) is 20.6. The van der Waals surface area contributed by atoms with Gasteiger partial charge >= 0.3 is 0 Å². The standard InChI is InChI=1S/C22H17IO3/c1-13-19-12-18(25)9-10-20(19)26-22(14-5-7-16(23)8-6-14)21(13)15-3-2-4-17(24)11-15/h2-12,22,24-25H,1H3/t22-/m0/s1. The molecule has 0 saturated heterocycles. The van der Waals surface area contributed by atoms with Crippen LogP contribution in [0.4, 0.5) is 0 Å². The van der Waals surface area contributed by atoms with Crippen LogP contribution in [0.2, 0.25) is 0 Å². The van der Waals surface area contributed by atoms with Gasteiger partial charge in [-0.2, -0.15) is 0 Å². The minimum absolute atomic E-state index is 0.203. The predicted octanol–water partition coefficient (Wildman–Crippen LogP) is 5.77. The van der Waals surface area contributed by atoms with Crippen molar-refractivity contribution in [3.8, 4) is 17.2 Å². The number of benzene rings is 3. The Morgan fingerprint density at radius 2 is 1.62 bits per heavy atom. The van der Waals surface area contributed by atoms with Crippen molar-refractivity contribution in [3.05, 3.63) is 87.0 Å². The van der Waals surface area contributed by atoms with E-state index in [1.807, 2.05) is 19.1 Å². The first kappa shape index (κ1) is 17.0. The zero-order chi connectivity index (χ0) is 18.3. The Morgan fingerprint density at radius 3 is 2.35 bits per heavy atom. The fourth-order valence-electron chi connectivity index (χ4n) is 3.36. The molecule has 1 heterocycles. The predicted molar refractivity (Wildman–Crippen MR) is 111 cm³/mol. The highest BCUT2D eigenvalue weighted by molar-refractivity contribution is 14.1. The average molecular weight is 456 g/mol. The molecule has 0 aromatic heterocycles. The van der Waals surface area contributed by atoms with E-state index in [1.165, 1.54) is 0 Å². The van der Waals surface area contributed by atoms with Gasteiger partial charge in [0.1, 0.15) is 23.4 Å². The first-order valence-corrected chi connectivity index (χ1v) is 9.36. The third-order valence-electron chi connectivity index (χ3n) is 4.61. The molecule has 3 aromatic carbocycles. The van der Waals surface area contributed by atoms with E-state index >= 15 is 0 Å². The van der Waals surface area contributed by atoms with Crippen molar-refractivity contribution in [3.63, 3.8) is 0 Å². The zero-order valence-corrected chi connectivity index (χ0v) is 16.3. The number of hydrogen-bond acceptors (Lipinski definition) is 3. The van der Waals surface area contributed by atoms with Crippen LogP contribution in [0.3, 0.4) is 0 Å². The fourth-order valence-corrected chi connectivity index (χ4v) is 3.71. The highest BCUT2D eigenvalue weighted by Gasteiger charge is 2.29. The number of ether oxygens (including phenoxy) is 1. The lowest BCUT2D eigenvalue weighted by Gasteiger charge is -2.31. The molecule has 26 heavy (non-hydrogen) atoms. The molecule has 3 aromatic rings. The van der Waals surface area contributed by atoms with Gasteiger partial charge in [0, 0.05) is 14.7 Å². The molecule has 2 N–H and O–H groups in total. The minimum atomic E-state index is -0.286. The van der Waals surface area contributed by atoms with Gasteiger partial charge in [0.25, 0.3) is 0 Å². The summed E-state index contributed by atoms with van der Waals surface area (Å²) in [7, 11) is 0. The molecule has 4 heteroatoms. The lowest BCUT2D eigenvalue weighted by Crippen LogP contribution is -2.16. The van der Waals surface area contributed by atoms with Crippen LogP contribution in [0.5, 0.6) is 17.2 Å². The Bertz CT molecular complexity index is 1010. The van der Waals surface area contributed by atoms with Crippen molar-refractivity contribution >= 4 is 33.7 Å². The summed E-state index contributed by atoms with van der Waals surface area (Å²) in [5.74, 6) is 1.16. The molecule has 0 radical (unpaired) electrons. The first-order chi connectivity index (χ1) is 12.5. The summed E-state index contributed by atoms with van der Waals surface area (Å²) in [6.45, 7) is 2.03. The number of phenols is 2. The van der Waals surface area contributed by atoms with Crippen molar-refractivity contribution < 1.29 is 14.9 Å². The third-order valence-corrected chi connectivity index (χ3v) is 5.33. The molecular weight excluding hydrogens is 439 g/mol. The van der Waals surface area contributed by atoms with Gasteiger partial charge < -0.3 is 14.9 Å². The van der Waals surface area contributed by atoms with Gasteiger partial charge in [-0.1, -0.05) is 24.3 Å². The normalized spacial score (nSPS) is 16.2. The van der Waals surface area contributed by atoms with Gasteiger partial charge in [0.2, 0.25) is 0 Å². The monoisotopic (exact) mass is 456 g/mol. The van der Waals surface area contributed by atoms with Gasteiger partial charge in [-0.3, -0.25) is 0 Å². The number of fused-ring (bicyclic) bond motifs is 1. The van der Waals surface area contributed by atoms with Crippen LogP contribution < -0.4 is 4.74 Å². The molecule has 0 unspecified atom stereocenters. The number of hydrogen-bond donors (Lipinski definition) is 2. The summed E-state index contributed by atoms with van der Waals surface area (Å²) in [6.07, 6.45) is -0.286. The van der Waals surface area contributed by atoms with Crippen molar-refractivity contribution in [2.24, 2.45) is 0 Å². The van der Waals surface area contributed by atoms with Gasteiger partial charge in [-0.15, -0.1) is 0 Å². The third kappa shape index (κ3) is 3.05. The molecule has 3 nitrogen and oxygen atoms in total. The summed E-state index contributed by atoms with van der Waals surface area (Å²) >= 11 is 2.28. The molecular formula is C22H17IO3. The minimum Gasteiger partial charge on any atom is -0.508 e. The maximum absolute atomic E-state index is 9.96. The number of aromatic hydroxyl groups is 2. The molecule has 0 bridgehead atoms. The SMILES string of the molecule is CC1=C(c2cccc(O)c2)[C@H](c2ccc(I)cc2)Oc2ccc(O)cc21. The summed E-state index contributed by atoms with van der Waals surface area (Å²) in [4.78, 5) is 0. The molecule has 0 amide bonds. The Morgan fingerprint density at radius 1 is 0.885 bits per heavy atom. The largest absolute Gasteiger partial charge is 0.508 e. The molecule has 0 fully saturated rings. The van der Waals surface area contributed by atoms with Gasteiger partial charge in [-0.25, -0.2) is 0 Å². The highest BCUT2D eigenvalue weighted by Crippen LogP contribution is 2.47. The van der Waals surface area contributed by atoms with E-state index < -0.39 is 0 Å². The lowest BCUT2D eigenvalue weighted by molar-refractivity contribution is 0.259. The van der Waals surface area contributed by atoms with Gasteiger partial charge in [0.05, 0.1) is 0 Å². The molecule has 0 aliphatic carbocycles. The maximum atomic E-state index is 9.96. The average Bonchev–Trinajstić information content (AvgIpc) is 2.63. The van der Waals surface area contributed by atoms with E-state index in [-0.39, 0.29) is 17.6 Å². The summed E-state index contributed by atoms with van der Waals surface area (Å²) in [5.41, 5.74) is 4.82. The summed E-state index contributed by atoms with van der Waals surface area (Å²) in [5, 5.41) is 19.9. The number of rotatable bonds is 2. The van der Waals surface area contributed by atoms with E-state index in [9.17, 15) is 10.2 Å². The second-order valence-electron chi connectivity index (χ2n) is 6.32. The van der Waals surface area contributed by atoms with Crippen LogP contribution >= 0.6 is 22.6 Å². The van der Waals surface area contributed by atoms with E-state index in [0.717, 1.165) is 37.2 Å². The summed E-state index contributed by atoms with van der Waals surface area (Å²) < 4.78 is 7.50. The molecule has 1 aliphatic rings. The van der Waals surface area contributed by atoms with E-state index in [2.05, 4.69) is 46.9 Å². The number of allylic oxidation sites excluding steroid dienone is 1. The second kappa shape index (κ2) is 6.68. The Kier molecular flexibility index (Phi) is 4.36. The molecule has 4 rings (SSSR count). The van der Waals surface area contributed by atoms with Crippen molar-refractivity contribution in [2.45, 2.75) is 13.0 Å². The molecule has 0 saturated carbocycles. The topological polar surface area (TPSA) is 49.7 Å². The quantitative estimate of drug-likeness (QED) is 0.482. The highest BCUT2D eigenvalue weighted by atomic mass is 127. The number of phenolic OH excluding ortho intramolecular Hbond substituents is 2. The van der Waals surface area contributed by atoms with Crippen LogP contribution in [0.15, 0.2) is 66.7 Å². The van der Waals surface area contributed by atoms with Gasteiger partial charge in [0.15, 0.2) is 0 Å². The van der Waals surface area contributed by atoms with E-state index in [0.29, 0.717) is 0 Å². The molecule has 130 valence electrons. The fraction of sp³-hybridized carbons (Fsp3) is 0.0909. The zero-order valence-electron chi connectivity index (χ0n) is 14.1. The molecule has 1 aliphatic heterocycles.